The molecule has 4 aliphatic rings. The summed E-state index contributed by atoms with van der Waals surface area (Å²) in [6.45, 7) is 0.418. The summed E-state index contributed by atoms with van der Waals surface area (Å²) in [6, 6.07) is 8.02. The molecule has 5 rings (SSSR count). The third-order valence-electron chi connectivity index (χ3n) is 5.10. The van der Waals surface area contributed by atoms with Crippen molar-refractivity contribution >= 4 is 34.4 Å². The summed E-state index contributed by atoms with van der Waals surface area (Å²) < 4.78 is 1.16. The molecule has 0 spiro atoms. The van der Waals surface area contributed by atoms with Gasteiger partial charge in [0.15, 0.2) is 0 Å². The van der Waals surface area contributed by atoms with E-state index in [1.165, 1.54) is 4.90 Å². The highest BCUT2D eigenvalue weighted by Crippen LogP contribution is 2.49. The highest BCUT2D eigenvalue weighted by atomic mass is 127. The van der Waals surface area contributed by atoms with Crippen LogP contribution in [0.15, 0.2) is 36.4 Å². The Morgan fingerprint density at radius 3 is 1.95 bits per heavy atom. The lowest BCUT2D eigenvalue weighted by atomic mass is 9.63. The van der Waals surface area contributed by atoms with E-state index in [1.807, 2.05) is 24.3 Å². The summed E-state index contributed by atoms with van der Waals surface area (Å²) in [5.74, 6) is 0.455. The summed E-state index contributed by atoms with van der Waals surface area (Å²) in [6.07, 6.45) is 6.43. The van der Waals surface area contributed by atoms with Gasteiger partial charge in [0.25, 0.3) is 0 Å². The van der Waals surface area contributed by atoms with Crippen LogP contribution in [-0.4, -0.2) is 16.7 Å². The highest BCUT2D eigenvalue weighted by Gasteiger charge is 2.56. The Hall–Kier alpha value is -1.17. The van der Waals surface area contributed by atoms with Gasteiger partial charge in [0.05, 0.1) is 18.4 Å². The molecule has 0 radical (unpaired) electrons. The maximum absolute atomic E-state index is 12.7. The monoisotopic (exact) mass is 393 g/mol. The molecule has 0 N–H and O–H groups in total. The second kappa shape index (κ2) is 4.93. The van der Waals surface area contributed by atoms with Crippen LogP contribution in [0.3, 0.4) is 0 Å². The first-order valence-electron chi connectivity index (χ1n) is 7.43. The number of allylic oxidation sites excluding steroid dienone is 2. The van der Waals surface area contributed by atoms with Crippen LogP contribution in [0.4, 0.5) is 0 Å². The fraction of sp³-hybridized carbons (Fsp3) is 0.412. The minimum Gasteiger partial charge on any atom is -0.278 e. The van der Waals surface area contributed by atoms with Crippen molar-refractivity contribution in [2.45, 2.75) is 19.4 Å². The first kappa shape index (κ1) is 13.5. The molecule has 0 aromatic heterocycles. The Morgan fingerprint density at radius 2 is 1.48 bits per heavy atom. The van der Waals surface area contributed by atoms with Crippen molar-refractivity contribution < 1.29 is 9.59 Å². The Morgan fingerprint density at radius 1 is 0.952 bits per heavy atom. The van der Waals surface area contributed by atoms with Gasteiger partial charge in [0.2, 0.25) is 11.8 Å². The van der Waals surface area contributed by atoms with Gasteiger partial charge >= 0.3 is 0 Å². The summed E-state index contributed by atoms with van der Waals surface area (Å²) in [5, 5.41) is 0. The fourth-order valence-corrected chi connectivity index (χ4v) is 4.42. The molecule has 1 heterocycles. The maximum Gasteiger partial charge on any atom is 0.234 e. The average molecular weight is 393 g/mol. The molecule has 2 amide bonds. The van der Waals surface area contributed by atoms with E-state index < -0.39 is 0 Å². The number of halogens is 1. The number of hydrogen-bond donors (Lipinski definition) is 0. The number of benzene rings is 1. The topological polar surface area (TPSA) is 37.4 Å². The normalized spacial score (nSPS) is 33.7. The van der Waals surface area contributed by atoms with Crippen LogP contribution >= 0.6 is 22.6 Å². The van der Waals surface area contributed by atoms with Crippen molar-refractivity contribution in [2.24, 2.45) is 23.7 Å². The molecule has 2 bridgehead atoms. The van der Waals surface area contributed by atoms with Gasteiger partial charge in [-0.05, 0) is 65.0 Å². The van der Waals surface area contributed by atoms with Gasteiger partial charge < -0.3 is 0 Å². The number of amides is 2. The van der Waals surface area contributed by atoms with Crippen molar-refractivity contribution in [3.05, 3.63) is 45.6 Å². The maximum atomic E-state index is 12.7. The van der Waals surface area contributed by atoms with Gasteiger partial charge in [-0.1, -0.05) is 24.3 Å². The number of imide groups is 1. The lowest BCUT2D eigenvalue weighted by Gasteiger charge is -2.38. The minimum absolute atomic E-state index is 0.0441. The Labute approximate surface area is 137 Å². The number of nitrogens with zero attached hydrogens (tertiary/aromatic N) is 1. The SMILES string of the molecule is O=C1[C@@H]2[C@H](C(=O)N1Cc1ccc(I)cc1)[C@H]1C=C[C@H]2CC1. The van der Waals surface area contributed by atoms with Crippen LogP contribution < -0.4 is 0 Å². The Bertz CT molecular complexity index is 605. The summed E-state index contributed by atoms with van der Waals surface area (Å²) in [5.41, 5.74) is 1.02. The van der Waals surface area contributed by atoms with Crippen LogP contribution in [0.5, 0.6) is 0 Å². The molecule has 3 nitrogen and oxygen atoms in total. The number of hydrogen-bond acceptors (Lipinski definition) is 2. The second-order valence-electron chi connectivity index (χ2n) is 6.23. The molecule has 1 aromatic carbocycles. The number of carbonyl (C=O) groups is 2. The molecular weight excluding hydrogens is 377 g/mol. The van der Waals surface area contributed by atoms with Crippen molar-refractivity contribution in [3.63, 3.8) is 0 Å². The number of carbonyl (C=O) groups excluding carboxylic acids is 2. The predicted molar refractivity (Wildman–Crippen MR) is 87.1 cm³/mol. The van der Waals surface area contributed by atoms with Gasteiger partial charge in [-0.15, -0.1) is 0 Å². The van der Waals surface area contributed by atoms with E-state index in [0.29, 0.717) is 6.54 Å². The van der Waals surface area contributed by atoms with Gasteiger partial charge in [0, 0.05) is 3.57 Å². The molecule has 3 aliphatic carbocycles. The Balaban J connectivity index is 1.61. The average Bonchev–Trinajstić information content (AvgIpc) is 2.78. The number of likely N-dealkylation sites (tertiary alicyclic amines) is 1. The van der Waals surface area contributed by atoms with Crippen LogP contribution in [0.25, 0.3) is 0 Å². The molecule has 4 heteroatoms. The van der Waals surface area contributed by atoms with E-state index in [9.17, 15) is 9.59 Å². The van der Waals surface area contributed by atoms with E-state index >= 15 is 0 Å². The van der Waals surface area contributed by atoms with Crippen LogP contribution in [0, 0.1) is 27.2 Å². The van der Waals surface area contributed by atoms with E-state index in [2.05, 4.69) is 34.7 Å². The van der Waals surface area contributed by atoms with E-state index in [0.717, 1.165) is 22.0 Å². The molecular formula is C17H16INO2. The zero-order chi connectivity index (χ0) is 14.6. The standard InChI is InChI=1S/C17H16INO2/c18-13-7-1-10(2-8-13)9-19-16(20)14-11-3-4-12(6-5-11)15(14)17(19)21/h1-4,7-8,11-12,14-15H,5-6,9H2/t11-,12-,14-,15+/m0/s1. The van der Waals surface area contributed by atoms with Gasteiger partial charge in [-0.2, -0.15) is 0 Å². The quantitative estimate of drug-likeness (QED) is 0.440. The molecule has 108 valence electrons. The third-order valence-corrected chi connectivity index (χ3v) is 5.82. The fourth-order valence-electron chi connectivity index (χ4n) is 4.06. The molecule has 1 saturated carbocycles. The lowest BCUT2D eigenvalue weighted by molar-refractivity contribution is -0.140. The highest BCUT2D eigenvalue weighted by molar-refractivity contribution is 14.1. The smallest absolute Gasteiger partial charge is 0.234 e. The molecule has 1 aliphatic heterocycles. The van der Waals surface area contributed by atoms with Gasteiger partial charge in [0.1, 0.15) is 0 Å². The van der Waals surface area contributed by atoms with Crippen molar-refractivity contribution in [3.8, 4) is 0 Å². The van der Waals surface area contributed by atoms with E-state index in [1.54, 1.807) is 0 Å². The zero-order valence-electron chi connectivity index (χ0n) is 11.5. The van der Waals surface area contributed by atoms with Crippen molar-refractivity contribution in [2.75, 3.05) is 0 Å². The zero-order valence-corrected chi connectivity index (χ0v) is 13.7. The molecule has 1 aromatic rings. The number of fused-ring (bicyclic) bond motifs is 1. The number of rotatable bonds is 2. The third kappa shape index (κ3) is 2.06. The van der Waals surface area contributed by atoms with Gasteiger partial charge in [-0.3, -0.25) is 14.5 Å². The van der Waals surface area contributed by atoms with Crippen LogP contribution in [-0.2, 0) is 16.1 Å². The second-order valence-corrected chi connectivity index (χ2v) is 7.48. The van der Waals surface area contributed by atoms with E-state index in [4.69, 9.17) is 0 Å². The summed E-state index contributed by atoms with van der Waals surface area (Å²) in [4.78, 5) is 26.9. The first-order valence-corrected chi connectivity index (χ1v) is 8.51. The first-order chi connectivity index (χ1) is 10.1. The molecule has 1 saturated heterocycles. The molecule has 2 fully saturated rings. The molecule has 4 atom stereocenters. The van der Waals surface area contributed by atoms with Gasteiger partial charge in [-0.25, -0.2) is 0 Å². The lowest BCUT2D eigenvalue weighted by Crippen LogP contribution is -2.38. The molecule has 21 heavy (non-hydrogen) atoms. The Kier molecular flexibility index (Phi) is 3.17. The van der Waals surface area contributed by atoms with Crippen molar-refractivity contribution in [1.29, 1.82) is 0 Å². The van der Waals surface area contributed by atoms with E-state index in [-0.39, 0.29) is 35.5 Å². The minimum atomic E-state index is -0.0925. The van der Waals surface area contributed by atoms with Crippen LogP contribution in [0.1, 0.15) is 18.4 Å². The largest absolute Gasteiger partial charge is 0.278 e. The van der Waals surface area contributed by atoms with Crippen molar-refractivity contribution in [1.82, 2.24) is 4.90 Å². The van der Waals surface area contributed by atoms with Crippen LogP contribution in [0.2, 0.25) is 0 Å². The summed E-state index contributed by atoms with van der Waals surface area (Å²) in [7, 11) is 0. The predicted octanol–water partition coefficient (Wildman–Crippen LogP) is 2.99. The summed E-state index contributed by atoms with van der Waals surface area (Å²) >= 11 is 2.25. The molecule has 0 unspecified atom stereocenters.